The Kier molecular flexibility index (Phi) is 7.79. The first-order chi connectivity index (χ1) is 18.2. The van der Waals surface area contributed by atoms with Crippen molar-refractivity contribution in [3.63, 3.8) is 0 Å². The molecule has 2 aromatic heterocycles. The van der Waals surface area contributed by atoms with E-state index in [0.717, 1.165) is 33.9 Å². The highest BCUT2D eigenvalue weighted by Crippen LogP contribution is 2.34. The summed E-state index contributed by atoms with van der Waals surface area (Å²) in [6.07, 6.45) is 1.70. The predicted molar refractivity (Wildman–Crippen MR) is 144 cm³/mol. The van der Waals surface area contributed by atoms with Crippen molar-refractivity contribution in [3.8, 4) is 22.9 Å². The molecule has 0 saturated carbocycles. The standard InChI is InChI=1S/C31H31N3O3/c1-33-31(37-27-16-9-4-10-17-27)29(30(32-33)25-14-7-3-8-15-25)23-34(22-28-18-11-19-36-28)21-26(35)20-24-12-5-2-6-13-24/h2-19,26,35H,20-23H2,1H3/t26-/m1/s1. The molecule has 0 aliphatic rings. The summed E-state index contributed by atoms with van der Waals surface area (Å²) in [6.45, 7) is 1.53. The lowest BCUT2D eigenvalue weighted by atomic mass is 10.1. The Hall–Kier alpha value is -4.13. The molecule has 5 rings (SSSR count). The van der Waals surface area contributed by atoms with Crippen molar-refractivity contribution in [2.45, 2.75) is 25.6 Å². The van der Waals surface area contributed by atoms with Crippen LogP contribution in [0.5, 0.6) is 11.6 Å². The number of aliphatic hydroxyl groups is 1. The Labute approximate surface area is 217 Å². The number of aryl methyl sites for hydroxylation is 1. The Morgan fingerprint density at radius 1 is 0.865 bits per heavy atom. The van der Waals surface area contributed by atoms with Gasteiger partial charge in [0.2, 0.25) is 5.88 Å². The molecular weight excluding hydrogens is 462 g/mol. The number of hydrogen-bond acceptors (Lipinski definition) is 5. The summed E-state index contributed by atoms with van der Waals surface area (Å²) in [5.41, 5.74) is 3.93. The molecule has 0 radical (unpaired) electrons. The summed E-state index contributed by atoms with van der Waals surface area (Å²) in [5.74, 6) is 2.25. The van der Waals surface area contributed by atoms with Gasteiger partial charge in [-0.2, -0.15) is 5.10 Å². The Morgan fingerprint density at radius 3 is 2.22 bits per heavy atom. The van der Waals surface area contributed by atoms with Gasteiger partial charge >= 0.3 is 0 Å². The maximum Gasteiger partial charge on any atom is 0.222 e. The molecule has 6 nitrogen and oxygen atoms in total. The topological polar surface area (TPSA) is 63.7 Å². The second kappa shape index (κ2) is 11.7. The summed E-state index contributed by atoms with van der Waals surface area (Å²) in [7, 11) is 1.90. The van der Waals surface area contributed by atoms with Gasteiger partial charge in [-0.15, -0.1) is 0 Å². The molecule has 0 aliphatic heterocycles. The molecule has 0 aliphatic carbocycles. The summed E-state index contributed by atoms with van der Waals surface area (Å²) in [4.78, 5) is 2.19. The average Bonchev–Trinajstić information content (AvgIpc) is 3.54. The third-order valence-electron chi connectivity index (χ3n) is 6.22. The highest BCUT2D eigenvalue weighted by Gasteiger charge is 2.24. The number of hydrogen-bond donors (Lipinski definition) is 1. The van der Waals surface area contributed by atoms with E-state index in [4.69, 9.17) is 14.3 Å². The second-order valence-electron chi connectivity index (χ2n) is 9.13. The number of nitrogens with zero attached hydrogens (tertiary/aromatic N) is 3. The molecule has 5 aromatic rings. The number of aromatic nitrogens is 2. The predicted octanol–water partition coefficient (Wildman–Crippen LogP) is 6.08. The Bertz CT molecular complexity index is 1370. The van der Waals surface area contributed by atoms with E-state index >= 15 is 0 Å². The zero-order valence-corrected chi connectivity index (χ0v) is 20.9. The van der Waals surface area contributed by atoms with Gasteiger partial charge in [0.15, 0.2) is 0 Å². The Morgan fingerprint density at radius 2 is 1.54 bits per heavy atom. The number of para-hydroxylation sites is 1. The molecule has 2 heterocycles. The first kappa shape index (κ1) is 24.6. The number of aliphatic hydroxyl groups excluding tert-OH is 1. The van der Waals surface area contributed by atoms with E-state index in [1.54, 1.807) is 10.9 Å². The fraction of sp³-hybridized carbons (Fsp3) is 0.194. The van der Waals surface area contributed by atoms with Gasteiger partial charge in [0.25, 0.3) is 0 Å². The number of furan rings is 1. The fourth-order valence-corrected chi connectivity index (χ4v) is 4.53. The smallest absolute Gasteiger partial charge is 0.222 e. The highest BCUT2D eigenvalue weighted by atomic mass is 16.5. The first-order valence-electron chi connectivity index (χ1n) is 12.5. The van der Waals surface area contributed by atoms with Crippen LogP contribution in [0, 0.1) is 0 Å². The van der Waals surface area contributed by atoms with E-state index in [0.29, 0.717) is 31.9 Å². The maximum absolute atomic E-state index is 11.1. The lowest BCUT2D eigenvalue weighted by Crippen LogP contribution is -2.33. The van der Waals surface area contributed by atoms with Crippen LogP contribution < -0.4 is 4.74 Å². The van der Waals surface area contributed by atoms with Crippen LogP contribution in [0.25, 0.3) is 11.3 Å². The van der Waals surface area contributed by atoms with Crippen LogP contribution in [0.15, 0.2) is 114 Å². The quantitative estimate of drug-likeness (QED) is 0.242. The number of benzene rings is 3. The van der Waals surface area contributed by atoms with E-state index in [1.807, 2.05) is 98.0 Å². The van der Waals surface area contributed by atoms with Gasteiger partial charge < -0.3 is 14.3 Å². The fourth-order valence-electron chi connectivity index (χ4n) is 4.53. The van der Waals surface area contributed by atoms with Crippen LogP contribution in [0.4, 0.5) is 0 Å². The number of rotatable bonds is 11. The minimum absolute atomic E-state index is 0.462. The molecule has 1 N–H and O–H groups in total. The molecule has 6 heteroatoms. The van der Waals surface area contributed by atoms with Gasteiger partial charge in [0.1, 0.15) is 17.2 Å². The molecular formula is C31H31N3O3. The van der Waals surface area contributed by atoms with Crippen molar-refractivity contribution in [1.82, 2.24) is 14.7 Å². The largest absolute Gasteiger partial charge is 0.468 e. The van der Waals surface area contributed by atoms with E-state index < -0.39 is 6.10 Å². The molecule has 1 atom stereocenters. The van der Waals surface area contributed by atoms with Crippen LogP contribution in [0.3, 0.4) is 0 Å². The molecule has 0 bridgehead atoms. The maximum atomic E-state index is 11.1. The highest BCUT2D eigenvalue weighted by molar-refractivity contribution is 5.65. The molecule has 37 heavy (non-hydrogen) atoms. The third-order valence-corrected chi connectivity index (χ3v) is 6.22. The summed E-state index contributed by atoms with van der Waals surface area (Å²) in [6, 6.07) is 33.8. The SMILES string of the molecule is Cn1nc(-c2ccccc2)c(CN(Cc2ccco2)C[C@H](O)Cc2ccccc2)c1Oc1ccccc1. The van der Waals surface area contributed by atoms with Crippen LogP contribution in [0.1, 0.15) is 16.9 Å². The molecule has 188 valence electrons. The summed E-state index contributed by atoms with van der Waals surface area (Å²) >= 11 is 0. The van der Waals surface area contributed by atoms with Gasteiger partial charge in [-0.3, -0.25) is 4.90 Å². The van der Waals surface area contributed by atoms with Crippen molar-refractivity contribution in [3.05, 3.63) is 126 Å². The van der Waals surface area contributed by atoms with Crippen LogP contribution in [0.2, 0.25) is 0 Å². The molecule has 0 amide bonds. The monoisotopic (exact) mass is 493 g/mol. The number of ether oxygens (including phenoxy) is 1. The minimum atomic E-state index is -0.548. The van der Waals surface area contributed by atoms with Crippen LogP contribution >= 0.6 is 0 Å². The average molecular weight is 494 g/mol. The van der Waals surface area contributed by atoms with E-state index in [2.05, 4.69) is 17.0 Å². The van der Waals surface area contributed by atoms with Gasteiger partial charge in [0, 0.05) is 25.7 Å². The van der Waals surface area contributed by atoms with E-state index in [1.165, 1.54) is 0 Å². The molecule has 0 fully saturated rings. The van der Waals surface area contributed by atoms with Crippen LogP contribution in [-0.2, 0) is 26.6 Å². The first-order valence-corrected chi connectivity index (χ1v) is 12.5. The normalized spacial score (nSPS) is 12.1. The molecule has 0 unspecified atom stereocenters. The zero-order valence-electron chi connectivity index (χ0n) is 20.9. The van der Waals surface area contributed by atoms with Gasteiger partial charge in [-0.25, -0.2) is 4.68 Å². The third kappa shape index (κ3) is 6.36. The van der Waals surface area contributed by atoms with E-state index in [-0.39, 0.29) is 0 Å². The zero-order chi connectivity index (χ0) is 25.5. The lowest BCUT2D eigenvalue weighted by Gasteiger charge is -2.25. The van der Waals surface area contributed by atoms with E-state index in [9.17, 15) is 5.11 Å². The molecule has 0 spiro atoms. The van der Waals surface area contributed by atoms with Crippen molar-refractivity contribution < 1.29 is 14.3 Å². The van der Waals surface area contributed by atoms with Gasteiger partial charge in [-0.05, 0) is 36.2 Å². The lowest BCUT2D eigenvalue weighted by molar-refractivity contribution is 0.0999. The van der Waals surface area contributed by atoms with Gasteiger partial charge in [-0.1, -0.05) is 78.9 Å². The van der Waals surface area contributed by atoms with Crippen LogP contribution in [-0.4, -0.2) is 32.4 Å². The van der Waals surface area contributed by atoms with Crippen molar-refractivity contribution in [2.75, 3.05) is 6.54 Å². The summed E-state index contributed by atoms with van der Waals surface area (Å²) < 4.78 is 13.8. The minimum Gasteiger partial charge on any atom is -0.468 e. The van der Waals surface area contributed by atoms with Crippen molar-refractivity contribution >= 4 is 0 Å². The van der Waals surface area contributed by atoms with Crippen molar-refractivity contribution in [2.24, 2.45) is 7.05 Å². The Balaban J connectivity index is 1.47. The molecule has 0 saturated heterocycles. The van der Waals surface area contributed by atoms with Gasteiger partial charge in [0.05, 0.1) is 24.5 Å². The second-order valence-corrected chi connectivity index (χ2v) is 9.13. The summed E-state index contributed by atoms with van der Waals surface area (Å²) in [5, 5.41) is 15.9. The molecule has 3 aromatic carbocycles. The van der Waals surface area contributed by atoms with Crippen molar-refractivity contribution in [1.29, 1.82) is 0 Å².